The molecule has 0 spiro atoms. The summed E-state index contributed by atoms with van der Waals surface area (Å²) in [4.78, 5) is 2.65. The second-order valence-corrected chi connectivity index (χ2v) is 7.89. The highest BCUT2D eigenvalue weighted by atomic mass is 15.1. The van der Waals surface area contributed by atoms with E-state index in [9.17, 15) is 0 Å². The van der Waals surface area contributed by atoms with Gasteiger partial charge in [0.15, 0.2) is 0 Å². The molecule has 0 aliphatic carbocycles. The fourth-order valence-corrected chi connectivity index (χ4v) is 3.48. The molecule has 0 N–H and O–H groups in total. The van der Waals surface area contributed by atoms with Crippen LogP contribution in [0.25, 0.3) is 0 Å². The van der Waals surface area contributed by atoms with Gasteiger partial charge in [-0.3, -0.25) is 0 Å². The molecule has 0 bridgehead atoms. The summed E-state index contributed by atoms with van der Waals surface area (Å²) in [6.45, 7) is 15.4. The summed E-state index contributed by atoms with van der Waals surface area (Å²) in [5.41, 5.74) is 3.59. The summed E-state index contributed by atoms with van der Waals surface area (Å²) in [5.74, 6) is 1.41. The molecule has 1 aliphatic rings. The van der Waals surface area contributed by atoms with Crippen molar-refractivity contribution in [1.82, 2.24) is 4.90 Å². The van der Waals surface area contributed by atoms with Crippen LogP contribution in [0.4, 0.5) is 0 Å². The quantitative estimate of drug-likeness (QED) is 0.746. The predicted octanol–water partition coefficient (Wildman–Crippen LogP) is 5.04. The Hall–Kier alpha value is -0.820. The summed E-state index contributed by atoms with van der Waals surface area (Å²) in [7, 11) is 0. The zero-order valence-corrected chi connectivity index (χ0v) is 13.9. The highest BCUT2D eigenvalue weighted by molar-refractivity contribution is 5.33. The van der Waals surface area contributed by atoms with Gasteiger partial charge >= 0.3 is 0 Å². The smallest absolute Gasteiger partial charge is 0.00300 e. The van der Waals surface area contributed by atoms with Gasteiger partial charge in [-0.1, -0.05) is 58.9 Å². The average molecular weight is 273 g/mol. The summed E-state index contributed by atoms with van der Waals surface area (Å²) < 4.78 is 0. The average Bonchev–Trinajstić information content (AvgIpc) is 2.38. The molecular formula is C19H31N. The van der Waals surface area contributed by atoms with Crippen molar-refractivity contribution in [2.75, 3.05) is 19.6 Å². The molecule has 112 valence electrons. The van der Waals surface area contributed by atoms with Gasteiger partial charge < -0.3 is 4.90 Å². The van der Waals surface area contributed by atoms with Gasteiger partial charge in [0.05, 0.1) is 0 Å². The lowest BCUT2D eigenvalue weighted by Crippen LogP contribution is -2.38. The van der Waals surface area contributed by atoms with Crippen LogP contribution in [0, 0.1) is 5.41 Å². The van der Waals surface area contributed by atoms with E-state index in [1.807, 2.05) is 0 Å². The monoisotopic (exact) mass is 273 g/mol. The van der Waals surface area contributed by atoms with E-state index in [-0.39, 0.29) is 0 Å². The Labute approximate surface area is 125 Å². The normalized spacial score (nSPS) is 18.7. The first-order valence-corrected chi connectivity index (χ1v) is 8.18. The molecule has 0 amide bonds. The second-order valence-electron chi connectivity index (χ2n) is 7.89. The maximum atomic E-state index is 2.65. The van der Waals surface area contributed by atoms with Gasteiger partial charge in [0.1, 0.15) is 0 Å². The Morgan fingerprint density at radius 2 is 1.70 bits per heavy atom. The third-order valence-electron chi connectivity index (χ3n) is 4.34. The number of benzene rings is 1. The second kappa shape index (κ2) is 6.30. The van der Waals surface area contributed by atoms with E-state index in [1.54, 1.807) is 11.1 Å². The Morgan fingerprint density at radius 3 is 2.25 bits per heavy atom. The van der Waals surface area contributed by atoms with Crippen LogP contribution in [-0.4, -0.2) is 24.5 Å². The molecular weight excluding hydrogens is 242 g/mol. The summed E-state index contributed by atoms with van der Waals surface area (Å²) in [6, 6.07) is 9.08. The standard InChI is InChI=1S/C19H31N/c1-15(2)17-8-6-7-9-18(17)16-10-12-20(13-11-16)14-19(3,4)5/h6-9,15-16H,10-14H2,1-5H3. The van der Waals surface area contributed by atoms with E-state index in [2.05, 4.69) is 63.8 Å². The molecule has 1 aromatic carbocycles. The molecule has 1 saturated heterocycles. The van der Waals surface area contributed by atoms with Crippen molar-refractivity contribution in [3.63, 3.8) is 0 Å². The molecule has 1 heteroatoms. The zero-order valence-electron chi connectivity index (χ0n) is 13.9. The van der Waals surface area contributed by atoms with Crippen molar-refractivity contribution < 1.29 is 0 Å². The number of hydrogen-bond donors (Lipinski definition) is 0. The van der Waals surface area contributed by atoms with Gasteiger partial charge in [0, 0.05) is 6.54 Å². The molecule has 1 aliphatic heterocycles. The van der Waals surface area contributed by atoms with Crippen LogP contribution in [0.15, 0.2) is 24.3 Å². The number of rotatable bonds is 3. The predicted molar refractivity (Wildman–Crippen MR) is 88.4 cm³/mol. The molecule has 1 aromatic rings. The first-order chi connectivity index (χ1) is 9.37. The van der Waals surface area contributed by atoms with Crippen LogP contribution in [0.3, 0.4) is 0 Å². The lowest BCUT2D eigenvalue weighted by atomic mass is 9.83. The van der Waals surface area contributed by atoms with Crippen molar-refractivity contribution in [3.05, 3.63) is 35.4 Å². The molecule has 0 aromatic heterocycles. The Balaban J connectivity index is 2.01. The molecule has 1 heterocycles. The van der Waals surface area contributed by atoms with Crippen LogP contribution in [0.5, 0.6) is 0 Å². The van der Waals surface area contributed by atoms with Gasteiger partial charge in [-0.25, -0.2) is 0 Å². The third-order valence-corrected chi connectivity index (χ3v) is 4.34. The van der Waals surface area contributed by atoms with E-state index < -0.39 is 0 Å². The Kier molecular flexibility index (Phi) is 4.90. The van der Waals surface area contributed by atoms with Gasteiger partial charge in [-0.15, -0.1) is 0 Å². The summed E-state index contributed by atoms with van der Waals surface area (Å²) >= 11 is 0. The minimum Gasteiger partial charge on any atom is -0.303 e. The van der Waals surface area contributed by atoms with Crippen molar-refractivity contribution in [3.8, 4) is 0 Å². The van der Waals surface area contributed by atoms with Gasteiger partial charge in [-0.05, 0) is 54.3 Å². The molecule has 0 unspecified atom stereocenters. The number of likely N-dealkylation sites (tertiary alicyclic amines) is 1. The molecule has 2 rings (SSSR count). The van der Waals surface area contributed by atoms with Crippen molar-refractivity contribution in [2.45, 2.75) is 59.3 Å². The summed E-state index contributed by atoms with van der Waals surface area (Å²) in [5, 5.41) is 0. The highest BCUT2D eigenvalue weighted by Gasteiger charge is 2.25. The van der Waals surface area contributed by atoms with Crippen LogP contribution in [0.2, 0.25) is 0 Å². The molecule has 1 fully saturated rings. The first-order valence-electron chi connectivity index (χ1n) is 8.18. The molecule has 0 radical (unpaired) electrons. The van der Waals surface area contributed by atoms with E-state index in [1.165, 1.54) is 32.5 Å². The van der Waals surface area contributed by atoms with Gasteiger partial charge in [0.2, 0.25) is 0 Å². The fraction of sp³-hybridized carbons (Fsp3) is 0.684. The molecule has 0 atom stereocenters. The van der Waals surface area contributed by atoms with E-state index in [0.29, 0.717) is 11.3 Å². The number of hydrogen-bond acceptors (Lipinski definition) is 1. The van der Waals surface area contributed by atoms with Crippen LogP contribution < -0.4 is 0 Å². The molecule has 0 saturated carbocycles. The van der Waals surface area contributed by atoms with E-state index in [4.69, 9.17) is 0 Å². The van der Waals surface area contributed by atoms with E-state index in [0.717, 1.165) is 5.92 Å². The lowest BCUT2D eigenvalue weighted by molar-refractivity contribution is 0.154. The fourth-order valence-electron chi connectivity index (χ4n) is 3.48. The summed E-state index contributed by atoms with van der Waals surface area (Å²) in [6.07, 6.45) is 2.64. The Bertz CT molecular complexity index is 420. The van der Waals surface area contributed by atoms with Crippen molar-refractivity contribution in [1.29, 1.82) is 0 Å². The number of piperidine rings is 1. The van der Waals surface area contributed by atoms with Gasteiger partial charge in [0.25, 0.3) is 0 Å². The molecule has 1 nitrogen and oxygen atoms in total. The van der Waals surface area contributed by atoms with Crippen LogP contribution >= 0.6 is 0 Å². The minimum absolute atomic E-state index is 0.419. The first kappa shape index (κ1) is 15.6. The van der Waals surface area contributed by atoms with Crippen molar-refractivity contribution in [2.24, 2.45) is 5.41 Å². The van der Waals surface area contributed by atoms with E-state index >= 15 is 0 Å². The third kappa shape index (κ3) is 4.09. The van der Waals surface area contributed by atoms with Crippen LogP contribution in [0.1, 0.15) is 70.4 Å². The largest absolute Gasteiger partial charge is 0.303 e. The highest BCUT2D eigenvalue weighted by Crippen LogP contribution is 2.34. The van der Waals surface area contributed by atoms with Crippen LogP contribution in [-0.2, 0) is 0 Å². The minimum atomic E-state index is 0.419. The number of nitrogens with zero attached hydrogens (tertiary/aromatic N) is 1. The topological polar surface area (TPSA) is 3.24 Å². The molecule has 20 heavy (non-hydrogen) atoms. The maximum absolute atomic E-state index is 2.65. The lowest BCUT2D eigenvalue weighted by Gasteiger charge is -2.36. The van der Waals surface area contributed by atoms with Gasteiger partial charge in [-0.2, -0.15) is 0 Å². The zero-order chi connectivity index (χ0) is 14.8. The van der Waals surface area contributed by atoms with Crippen molar-refractivity contribution >= 4 is 0 Å². The Morgan fingerprint density at radius 1 is 1.10 bits per heavy atom. The maximum Gasteiger partial charge on any atom is 0.00300 e. The SMILES string of the molecule is CC(C)c1ccccc1C1CCN(CC(C)(C)C)CC1.